The Hall–Kier alpha value is -2.93. The van der Waals surface area contributed by atoms with Crippen molar-refractivity contribution in [2.24, 2.45) is 10.7 Å². The van der Waals surface area contributed by atoms with Gasteiger partial charge in [-0.15, -0.1) is 0 Å². The lowest BCUT2D eigenvalue weighted by atomic mass is 10.1. The van der Waals surface area contributed by atoms with Crippen molar-refractivity contribution in [1.29, 1.82) is 0 Å². The van der Waals surface area contributed by atoms with E-state index in [2.05, 4.69) is 45.8 Å². The molecule has 1 aromatic carbocycles. The summed E-state index contributed by atoms with van der Waals surface area (Å²) in [5, 5.41) is 2.99. The van der Waals surface area contributed by atoms with E-state index in [1.54, 1.807) is 0 Å². The summed E-state index contributed by atoms with van der Waals surface area (Å²) in [6, 6.07) is 10.1. The predicted octanol–water partition coefficient (Wildman–Crippen LogP) is 2.74. The molecule has 26 heavy (non-hydrogen) atoms. The number of hydrogen-bond acceptors (Lipinski definition) is 5. The Labute approximate surface area is 155 Å². The molecule has 0 saturated carbocycles. The van der Waals surface area contributed by atoms with Crippen LogP contribution in [-0.4, -0.2) is 42.0 Å². The van der Waals surface area contributed by atoms with Gasteiger partial charge in [-0.2, -0.15) is 4.98 Å². The summed E-state index contributed by atoms with van der Waals surface area (Å²) in [7, 11) is 5.96. The molecule has 0 aliphatic carbocycles. The zero-order valence-electron chi connectivity index (χ0n) is 15.9. The number of nitrogens with two attached hydrogens (primary N) is 1. The van der Waals surface area contributed by atoms with Crippen LogP contribution in [-0.2, 0) is 13.0 Å². The predicted molar refractivity (Wildman–Crippen MR) is 109 cm³/mol. The maximum absolute atomic E-state index is 5.83. The van der Waals surface area contributed by atoms with Crippen molar-refractivity contribution in [2.45, 2.75) is 19.9 Å². The first-order valence-corrected chi connectivity index (χ1v) is 8.50. The summed E-state index contributed by atoms with van der Waals surface area (Å²) >= 11 is 0. The molecular formula is C19H27N7. The monoisotopic (exact) mass is 353 g/mol. The van der Waals surface area contributed by atoms with Crippen LogP contribution in [0.4, 0.5) is 17.5 Å². The van der Waals surface area contributed by atoms with E-state index in [1.807, 2.05) is 44.2 Å². The number of para-hydroxylation sites is 1. The zero-order valence-corrected chi connectivity index (χ0v) is 15.9. The third-order valence-electron chi connectivity index (χ3n) is 3.77. The van der Waals surface area contributed by atoms with E-state index in [0.717, 1.165) is 17.8 Å². The van der Waals surface area contributed by atoms with E-state index in [1.165, 1.54) is 11.8 Å². The van der Waals surface area contributed by atoms with Gasteiger partial charge in [0, 0.05) is 31.5 Å². The molecule has 7 nitrogen and oxygen atoms in total. The molecule has 3 N–H and O–H groups in total. The minimum atomic E-state index is 0.233. The molecule has 0 aliphatic heterocycles. The maximum atomic E-state index is 5.83. The van der Waals surface area contributed by atoms with Crippen LogP contribution in [0.1, 0.15) is 18.2 Å². The van der Waals surface area contributed by atoms with Crippen LogP contribution in [0.15, 0.2) is 48.1 Å². The highest BCUT2D eigenvalue weighted by Crippen LogP contribution is 2.26. The molecule has 0 fully saturated rings. The first kappa shape index (κ1) is 19.4. The Morgan fingerprint density at radius 2 is 2.00 bits per heavy atom. The van der Waals surface area contributed by atoms with E-state index < -0.39 is 0 Å². The molecule has 1 heterocycles. The summed E-state index contributed by atoms with van der Waals surface area (Å²) in [5.41, 5.74) is 9.03. The van der Waals surface area contributed by atoms with Crippen molar-refractivity contribution < 1.29 is 0 Å². The lowest BCUT2D eigenvalue weighted by molar-refractivity contribution is 0.397. The first-order chi connectivity index (χ1) is 12.4. The molecule has 0 amide bonds. The Morgan fingerprint density at radius 1 is 1.27 bits per heavy atom. The van der Waals surface area contributed by atoms with Crippen LogP contribution >= 0.6 is 0 Å². The molecule has 0 bridgehead atoms. The van der Waals surface area contributed by atoms with Crippen molar-refractivity contribution >= 4 is 23.4 Å². The molecule has 2 rings (SSSR count). The van der Waals surface area contributed by atoms with Gasteiger partial charge in [-0.1, -0.05) is 31.7 Å². The van der Waals surface area contributed by atoms with Crippen molar-refractivity contribution in [1.82, 2.24) is 14.9 Å². The summed E-state index contributed by atoms with van der Waals surface area (Å²) in [4.78, 5) is 17.3. The van der Waals surface area contributed by atoms with Gasteiger partial charge in [0.1, 0.15) is 5.82 Å². The summed E-state index contributed by atoms with van der Waals surface area (Å²) in [6.07, 6.45) is 2.32. The number of rotatable bonds is 7. The normalized spacial score (nSPS) is 11.5. The largest absolute Gasteiger partial charge is 0.369 e. The van der Waals surface area contributed by atoms with Gasteiger partial charge < -0.3 is 20.9 Å². The summed E-state index contributed by atoms with van der Waals surface area (Å²) < 4.78 is 0. The number of aliphatic imine (C=N–C) groups is 1. The number of nitrogens with zero attached hydrogens (tertiary/aromatic N) is 5. The summed E-state index contributed by atoms with van der Waals surface area (Å²) in [6.45, 7) is 6.37. The number of aryl methyl sites for hydroxylation is 1. The summed E-state index contributed by atoms with van der Waals surface area (Å²) in [5.74, 6) is 1.42. The van der Waals surface area contributed by atoms with E-state index in [-0.39, 0.29) is 5.96 Å². The Morgan fingerprint density at radius 3 is 2.65 bits per heavy atom. The second-order valence-electron chi connectivity index (χ2n) is 6.15. The number of aromatic nitrogens is 2. The van der Waals surface area contributed by atoms with E-state index in [9.17, 15) is 0 Å². The Balaban J connectivity index is 2.45. The molecule has 138 valence electrons. The van der Waals surface area contributed by atoms with Gasteiger partial charge >= 0.3 is 0 Å². The van der Waals surface area contributed by atoms with Gasteiger partial charge in [-0.3, -0.25) is 0 Å². The molecule has 0 aliphatic rings. The second-order valence-corrected chi connectivity index (χ2v) is 6.15. The van der Waals surface area contributed by atoms with Gasteiger partial charge in [-0.05, 0) is 32.1 Å². The number of anilines is 3. The average Bonchev–Trinajstić information content (AvgIpc) is 2.60. The molecule has 0 unspecified atom stereocenters. The lowest BCUT2D eigenvalue weighted by Crippen LogP contribution is -2.24. The molecule has 0 radical (unpaired) electrons. The molecular weight excluding hydrogens is 326 g/mol. The molecule has 0 atom stereocenters. The lowest BCUT2D eigenvalue weighted by Gasteiger charge is -2.22. The minimum Gasteiger partial charge on any atom is -0.369 e. The van der Waals surface area contributed by atoms with Crippen LogP contribution in [0.3, 0.4) is 0 Å². The highest BCUT2D eigenvalue weighted by molar-refractivity contribution is 5.91. The Bertz CT molecular complexity index is 783. The molecule has 7 heteroatoms. The fourth-order valence-electron chi connectivity index (χ4n) is 2.61. The first-order valence-electron chi connectivity index (χ1n) is 8.50. The van der Waals surface area contributed by atoms with Crippen molar-refractivity contribution in [3.63, 3.8) is 0 Å². The SMILES string of the molecule is C=CN=C(N)Nc1cc(CN(C)C)nc(N(C)c2ccccc2CC)n1. The van der Waals surface area contributed by atoms with E-state index in [4.69, 9.17) is 10.7 Å². The Kier molecular flexibility index (Phi) is 6.68. The number of hydrogen-bond donors (Lipinski definition) is 2. The fraction of sp³-hybridized carbons (Fsp3) is 0.316. The van der Waals surface area contributed by atoms with Crippen LogP contribution in [0.5, 0.6) is 0 Å². The van der Waals surface area contributed by atoms with Crippen molar-refractivity contribution in [2.75, 3.05) is 31.4 Å². The van der Waals surface area contributed by atoms with Crippen LogP contribution < -0.4 is 16.0 Å². The third kappa shape index (κ3) is 5.03. The number of guanidine groups is 1. The number of benzene rings is 1. The molecule has 1 aromatic heterocycles. The fourth-order valence-corrected chi connectivity index (χ4v) is 2.61. The smallest absolute Gasteiger partial charge is 0.231 e. The van der Waals surface area contributed by atoms with Crippen molar-refractivity contribution in [3.8, 4) is 0 Å². The standard InChI is InChI=1S/C19H27N7/c1-6-14-10-8-9-11-16(14)26(5)19-22-15(13-25(3)4)12-17(24-19)23-18(20)21-7-2/h7-12H,2,6,13H2,1,3-5H3,(H3,20,21,22,23,24). The number of nitrogens with one attached hydrogen (secondary N) is 1. The molecule has 2 aromatic rings. The second kappa shape index (κ2) is 8.96. The maximum Gasteiger partial charge on any atom is 0.231 e. The van der Waals surface area contributed by atoms with Gasteiger partial charge in [-0.25, -0.2) is 9.98 Å². The van der Waals surface area contributed by atoms with Gasteiger partial charge in [0.2, 0.25) is 5.95 Å². The van der Waals surface area contributed by atoms with Gasteiger partial charge in [0.05, 0.1) is 5.69 Å². The zero-order chi connectivity index (χ0) is 19.1. The topological polar surface area (TPSA) is 82.7 Å². The highest BCUT2D eigenvalue weighted by atomic mass is 15.3. The van der Waals surface area contributed by atoms with Crippen LogP contribution in [0, 0.1) is 0 Å². The quantitative estimate of drug-likeness (QED) is 0.588. The molecule has 0 saturated heterocycles. The van der Waals surface area contributed by atoms with E-state index >= 15 is 0 Å². The van der Waals surface area contributed by atoms with Crippen LogP contribution in [0.25, 0.3) is 0 Å². The van der Waals surface area contributed by atoms with E-state index in [0.29, 0.717) is 18.3 Å². The van der Waals surface area contributed by atoms with Gasteiger partial charge in [0.25, 0.3) is 0 Å². The average molecular weight is 353 g/mol. The highest BCUT2D eigenvalue weighted by Gasteiger charge is 2.14. The van der Waals surface area contributed by atoms with Gasteiger partial charge in [0.15, 0.2) is 5.96 Å². The minimum absolute atomic E-state index is 0.233. The third-order valence-corrected chi connectivity index (χ3v) is 3.77. The van der Waals surface area contributed by atoms with Crippen LogP contribution in [0.2, 0.25) is 0 Å². The molecule has 0 spiro atoms. The van der Waals surface area contributed by atoms with Crippen molar-refractivity contribution in [3.05, 3.63) is 54.4 Å².